The van der Waals surface area contributed by atoms with Gasteiger partial charge in [0.15, 0.2) is 6.61 Å². The molecule has 0 aliphatic heterocycles. The van der Waals surface area contributed by atoms with Crippen LogP contribution in [0.15, 0.2) is 48.5 Å². The molecule has 2 aromatic carbocycles. The van der Waals surface area contributed by atoms with Crippen LogP contribution in [0.5, 0.6) is 11.5 Å². The van der Waals surface area contributed by atoms with Crippen molar-refractivity contribution in [2.75, 3.05) is 19.0 Å². The van der Waals surface area contributed by atoms with Gasteiger partial charge in [-0.3, -0.25) is 4.79 Å². The number of benzene rings is 2. The first-order valence-corrected chi connectivity index (χ1v) is 9.52. The van der Waals surface area contributed by atoms with Crippen molar-refractivity contribution in [1.29, 1.82) is 0 Å². The summed E-state index contributed by atoms with van der Waals surface area (Å²) in [5.74, 6) is 0.607. The zero-order valence-corrected chi connectivity index (χ0v) is 16.0. The number of rotatable bonds is 7. The summed E-state index contributed by atoms with van der Waals surface area (Å²) in [6.07, 6.45) is 5.33. The zero-order valence-electron chi connectivity index (χ0n) is 16.0. The predicted octanol–water partition coefficient (Wildman–Crippen LogP) is 4.20. The van der Waals surface area contributed by atoms with Crippen LogP contribution in [0.25, 0.3) is 0 Å². The van der Waals surface area contributed by atoms with E-state index in [9.17, 15) is 9.59 Å². The van der Waals surface area contributed by atoms with Gasteiger partial charge in [0.05, 0.1) is 12.7 Å². The molecule has 1 saturated carbocycles. The van der Waals surface area contributed by atoms with Gasteiger partial charge in [0, 0.05) is 11.8 Å². The number of carbonyl (C=O) groups excluding carboxylic acids is 2. The van der Waals surface area contributed by atoms with Gasteiger partial charge in [0.2, 0.25) is 0 Å². The van der Waals surface area contributed by atoms with Crippen LogP contribution in [-0.2, 0) is 9.53 Å². The lowest BCUT2D eigenvalue weighted by molar-refractivity contribution is -0.118. The molecule has 6 nitrogen and oxygen atoms in total. The molecule has 0 saturated heterocycles. The SMILES string of the molecule is COc1cccc(OCC(=O)Nc2ccc(C(=O)OC3CCCCC3)cc2)c1. The van der Waals surface area contributed by atoms with Gasteiger partial charge >= 0.3 is 5.97 Å². The molecule has 0 radical (unpaired) electrons. The standard InChI is InChI=1S/C22H25NO5/c1-26-19-8-5-9-20(14-19)27-15-21(24)23-17-12-10-16(11-13-17)22(25)28-18-6-3-2-4-7-18/h5,8-14,18H,2-4,6-7,15H2,1H3,(H,23,24). The number of hydrogen-bond donors (Lipinski definition) is 1. The first-order chi connectivity index (χ1) is 13.6. The molecular formula is C22H25NO5. The highest BCUT2D eigenvalue weighted by molar-refractivity contribution is 5.93. The Hall–Kier alpha value is -3.02. The quantitative estimate of drug-likeness (QED) is 0.725. The van der Waals surface area contributed by atoms with E-state index in [2.05, 4.69) is 5.32 Å². The first kappa shape index (κ1) is 19.7. The third kappa shape index (κ3) is 5.74. The van der Waals surface area contributed by atoms with E-state index in [-0.39, 0.29) is 24.6 Å². The summed E-state index contributed by atoms with van der Waals surface area (Å²) in [5.41, 5.74) is 1.07. The summed E-state index contributed by atoms with van der Waals surface area (Å²) < 4.78 is 16.1. The lowest BCUT2D eigenvalue weighted by atomic mass is 9.98. The molecular weight excluding hydrogens is 358 g/mol. The molecule has 1 N–H and O–H groups in total. The molecule has 0 aromatic heterocycles. The van der Waals surface area contributed by atoms with Crippen LogP contribution in [0.2, 0.25) is 0 Å². The monoisotopic (exact) mass is 383 g/mol. The van der Waals surface area contributed by atoms with Crippen molar-refractivity contribution in [3.63, 3.8) is 0 Å². The van der Waals surface area contributed by atoms with E-state index in [1.807, 2.05) is 0 Å². The third-order valence-electron chi connectivity index (χ3n) is 4.64. The maximum atomic E-state index is 12.2. The molecule has 0 heterocycles. The molecule has 0 bridgehead atoms. The highest BCUT2D eigenvalue weighted by Crippen LogP contribution is 2.22. The molecule has 1 aliphatic carbocycles. The molecule has 0 atom stereocenters. The van der Waals surface area contributed by atoms with Gasteiger partial charge in [0.25, 0.3) is 5.91 Å². The Labute approximate surface area is 164 Å². The molecule has 3 rings (SSSR count). The van der Waals surface area contributed by atoms with Crippen molar-refractivity contribution in [3.8, 4) is 11.5 Å². The number of anilines is 1. The topological polar surface area (TPSA) is 73.9 Å². The van der Waals surface area contributed by atoms with E-state index in [0.717, 1.165) is 25.7 Å². The smallest absolute Gasteiger partial charge is 0.338 e. The summed E-state index contributed by atoms with van der Waals surface area (Å²) in [4.78, 5) is 24.3. The summed E-state index contributed by atoms with van der Waals surface area (Å²) in [6, 6.07) is 13.7. The molecule has 1 amide bonds. The number of hydrogen-bond acceptors (Lipinski definition) is 5. The minimum absolute atomic E-state index is 0.0226. The lowest BCUT2D eigenvalue weighted by Gasteiger charge is -2.21. The summed E-state index contributed by atoms with van der Waals surface area (Å²) in [5, 5.41) is 2.74. The van der Waals surface area contributed by atoms with Crippen LogP contribution in [0.1, 0.15) is 42.5 Å². The van der Waals surface area contributed by atoms with Crippen LogP contribution in [0, 0.1) is 0 Å². The number of nitrogens with one attached hydrogen (secondary N) is 1. The van der Waals surface area contributed by atoms with Gasteiger partial charge in [-0.25, -0.2) is 4.79 Å². The van der Waals surface area contributed by atoms with Gasteiger partial charge in [-0.05, 0) is 62.1 Å². The Bertz CT molecular complexity index is 797. The molecule has 1 aliphatic rings. The molecule has 28 heavy (non-hydrogen) atoms. The Morgan fingerprint density at radius 3 is 2.43 bits per heavy atom. The molecule has 1 fully saturated rings. The van der Waals surface area contributed by atoms with E-state index in [0.29, 0.717) is 22.7 Å². The second kappa shape index (κ2) is 9.78. The van der Waals surface area contributed by atoms with Crippen LogP contribution in [0.3, 0.4) is 0 Å². The molecule has 2 aromatic rings. The average molecular weight is 383 g/mol. The summed E-state index contributed by atoms with van der Waals surface area (Å²) >= 11 is 0. The predicted molar refractivity (Wildman–Crippen MR) is 106 cm³/mol. The molecule has 6 heteroatoms. The Balaban J connectivity index is 1.47. The zero-order chi connectivity index (χ0) is 19.8. The molecule has 0 unspecified atom stereocenters. The van der Waals surface area contributed by atoms with Crippen LogP contribution < -0.4 is 14.8 Å². The second-order valence-corrected chi connectivity index (χ2v) is 6.76. The van der Waals surface area contributed by atoms with E-state index in [1.165, 1.54) is 6.42 Å². The Morgan fingerprint density at radius 2 is 1.71 bits per heavy atom. The van der Waals surface area contributed by atoms with E-state index in [4.69, 9.17) is 14.2 Å². The normalized spacial score (nSPS) is 14.2. The fourth-order valence-corrected chi connectivity index (χ4v) is 3.13. The third-order valence-corrected chi connectivity index (χ3v) is 4.64. The van der Waals surface area contributed by atoms with Gasteiger partial charge in [0.1, 0.15) is 17.6 Å². The number of esters is 1. The van der Waals surface area contributed by atoms with E-state index >= 15 is 0 Å². The number of ether oxygens (including phenoxy) is 3. The van der Waals surface area contributed by atoms with Gasteiger partial charge in [-0.1, -0.05) is 12.5 Å². The van der Waals surface area contributed by atoms with Crippen molar-refractivity contribution in [2.24, 2.45) is 0 Å². The van der Waals surface area contributed by atoms with E-state index in [1.54, 1.807) is 55.6 Å². The van der Waals surface area contributed by atoms with E-state index < -0.39 is 0 Å². The Morgan fingerprint density at radius 1 is 1.00 bits per heavy atom. The minimum Gasteiger partial charge on any atom is -0.497 e. The van der Waals surface area contributed by atoms with Crippen molar-refractivity contribution in [3.05, 3.63) is 54.1 Å². The van der Waals surface area contributed by atoms with Crippen LogP contribution in [-0.4, -0.2) is 31.7 Å². The first-order valence-electron chi connectivity index (χ1n) is 9.52. The second-order valence-electron chi connectivity index (χ2n) is 6.76. The summed E-state index contributed by atoms with van der Waals surface area (Å²) in [7, 11) is 1.57. The highest BCUT2D eigenvalue weighted by Gasteiger charge is 2.18. The fourth-order valence-electron chi connectivity index (χ4n) is 3.13. The van der Waals surface area contributed by atoms with Crippen molar-refractivity contribution in [2.45, 2.75) is 38.2 Å². The maximum Gasteiger partial charge on any atom is 0.338 e. The van der Waals surface area contributed by atoms with Gasteiger partial charge < -0.3 is 19.5 Å². The average Bonchev–Trinajstić information content (AvgIpc) is 2.73. The van der Waals surface area contributed by atoms with Crippen molar-refractivity contribution >= 4 is 17.6 Å². The molecule has 148 valence electrons. The van der Waals surface area contributed by atoms with Crippen molar-refractivity contribution in [1.82, 2.24) is 0 Å². The number of amides is 1. The van der Waals surface area contributed by atoms with Crippen LogP contribution >= 0.6 is 0 Å². The summed E-state index contributed by atoms with van der Waals surface area (Å²) in [6.45, 7) is -0.126. The lowest BCUT2D eigenvalue weighted by Crippen LogP contribution is -2.21. The van der Waals surface area contributed by atoms with Gasteiger partial charge in [-0.2, -0.15) is 0 Å². The van der Waals surface area contributed by atoms with Gasteiger partial charge in [-0.15, -0.1) is 0 Å². The maximum absolute atomic E-state index is 12.2. The highest BCUT2D eigenvalue weighted by atomic mass is 16.5. The Kier molecular flexibility index (Phi) is 6.89. The fraction of sp³-hybridized carbons (Fsp3) is 0.364. The minimum atomic E-state index is -0.314. The largest absolute Gasteiger partial charge is 0.497 e. The number of methoxy groups -OCH3 is 1. The van der Waals surface area contributed by atoms with Crippen LogP contribution in [0.4, 0.5) is 5.69 Å². The molecule has 0 spiro atoms. The number of carbonyl (C=O) groups is 2. The van der Waals surface area contributed by atoms with Crippen molar-refractivity contribution < 1.29 is 23.8 Å².